The molecule has 5 heterocycles. The molecule has 0 fully saturated rings. The van der Waals surface area contributed by atoms with Crippen LogP contribution in [0.25, 0.3) is 82.7 Å². The average molecular weight is 743 g/mol. The highest BCUT2D eigenvalue weighted by molar-refractivity contribution is 6.11. The number of benzene rings is 7. The van der Waals surface area contributed by atoms with E-state index in [1.54, 1.807) is 0 Å². The number of para-hydroxylation sites is 6. The summed E-state index contributed by atoms with van der Waals surface area (Å²) in [6, 6.07) is 72.8. The largest absolute Gasteiger partial charge is 0.309 e. The van der Waals surface area contributed by atoms with Crippen molar-refractivity contribution in [2.24, 2.45) is 0 Å². The molecule has 272 valence electrons. The van der Waals surface area contributed by atoms with Gasteiger partial charge in [0.05, 0.1) is 38.8 Å². The first-order valence-electron chi connectivity index (χ1n) is 19.6. The SMILES string of the molecule is c1cc(N(c2cccc(-n3c4ccccc4c4ccccc43)n2)c2cccc(-n3c4ccccc4c4ccccc43)n2)cc(-n2c3ccccc3c3ccccc32)c1. The van der Waals surface area contributed by atoms with Crippen LogP contribution >= 0.6 is 0 Å². The van der Waals surface area contributed by atoms with E-state index in [-0.39, 0.29) is 0 Å². The summed E-state index contributed by atoms with van der Waals surface area (Å²) >= 11 is 0. The Hall–Kier alpha value is -7.96. The molecule has 0 aliphatic rings. The summed E-state index contributed by atoms with van der Waals surface area (Å²) in [6.45, 7) is 0. The molecule has 0 atom stereocenters. The third kappa shape index (κ3) is 4.85. The fraction of sp³-hybridized carbons (Fsp3) is 0. The minimum Gasteiger partial charge on any atom is -0.309 e. The Kier molecular flexibility index (Phi) is 7.13. The van der Waals surface area contributed by atoms with Crippen molar-refractivity contribution >= 4 is 82.7 Å². The highest BCUT2D eigenvalue weighted by atomic mass is 15.3. The lowest BCUT2D eigenvalue weighted by Crippen LogP contribution is -2.15. The molecule has 6 nitrogen and oxygen atoms in total. The Bertz CT molecular complexity index is 3020. The zero-order chi connectivity index (χ0) is 38.2. The number of anilines is 3. The fourth-order valence-electron chi connectivity index (χ4n) is 9.01. The van der Waals surface area contributed by atoms with Crippen LogP contribution in [0.3, 0.4) is 0 Å². The molecule has 0 spiro atoms. The van der Waals surface area contributed by atoms with Gasteiger partial charge in [-0.3, -0.25) is 14.0 Å². The molecule has 58 heavy (non-hydrogen) atoms. The number of pyridine rings is 2. The van der Waals surface area contributed by atoms with Crippen molar-refractivity contribution in [2.75, 3.05) is 4.90 Å². The molecule has 0 saturated carbocycles. The molecule has 0 unspecified atom stereocenters. The third-order valence-corrected chi connectivity index (χ3v) is 11.4. The molecule has 0 aliphatic heterocycles. The van der Waals surface area contributed by atoms with Gasteiger partial charge in [-0.25, -0.2) is 9.97 Å². The van der Waals surface area contributed by atoms with Crippen molar-refractivity contribution in [2.45, 2.75) is 0 Å². The zero-order valence-electron chi connectivity index (χ0n) is 31.3. The number of rotatable bonds is 6. The van der Waals surface area contributed by atoms with E-state index in [4.69, 9.17) is 9.97 Å². The molecule has 6 heteroatoms. The standard InChI is InChI=1S/C52H34N6/c1-7-24-43-37(18-1)38-19-2-8-25-44(38)55(43)35-16-13-17-36(34-35)56(49-30-14-32-51(53-49)57-45-26-9-3-20-39(45)40-21-4-10-27-46(40)57)50-31-15-33-52(54-50)58-47-28-11-5-22-41(47)42-23-6-12-29-48(42)58/h1-34H. The van der Waals surface area contributed by atoms with Gasteiger partial charge >= 0.3 is 0 Å². The zero-order valence-corrected chi connectivity index (χ0v) is 31.3. The van der Waals surface area contributed by atoms with Gasteiger partial charge in [0.25, 0.3) is 0 Å². The molecule has 0 amide bonds. The first-order chi connectivity index (χ1) is 28.8. The number of aromatic nitrogens is 5. The molecular formula is C52H34N6. The second kappa shape index (κ2) is 12.8. The van der Waals surface area contributed by atoms with Crippen LogP contribution in [0, 0.1) is 0 Å². The van der Waals surface area contributed by atoms with Crippen LogP contribution in [0.5, 0.6) is 0 Å². The summed E-state index contributed by atoms with van der Waals surface area (Å²) in [6.07, 6.45) is 0. The molecule has 0 aliphatic carbocycles. The molecular weight excluding hydrogens is 709 g/mol. The van der Waals surface area contributed by atoms with Gasteiger partial charge in [-0.15, -0.1) is 0 Å². The number of nitrogens with zero attached hydrogens (tertiary/aromatic N) is 6. The Morgan fingerprint density at radius 1 is 0.293 bits per heavy atom. The van der Waals surface area contributed by atoms with Crippen molar-refractivity contribution in [3.8, 4) is 17.3 Å². The monoisotopic (exact) mass is 742 g/mol. The van der Waals surface area contributed by atoms with Gasteiger partial charge in [0.15, 0.2) is 0 Å². The first-order valence-corrected chi connectivity index (χ1v) is 19.6. The van der Waals surface area contributed by atoms with Crippen LogP contribution < -0.4 is 4.90 Å². The third-order valence-electron chi connectivity index (χ3n) is 11.4. The van der Waals surface area contributed by atoms with E-state index in [2.05, 4.69) is 225 Å². The highest BCUT2D eigenvalue weighted by Gasteiger charge is 2.21. The van der Waals surface area contributed by atoms with E-state index in [0.717, 1.165) is 67.7 Å². The van der Waals surface area contributed by atoms with Crippen molar-refractivity contribution in [1.29, 1.82) is 0 Å². The predicted octanol–water partition coefficient (Wildman–Crippen LogP) is 13.2. The Labute approximate surface area is 333 Å². The summed E-state index contributed by atoms with van der Waals surface area (Å²) in [5.41, 5.74) is 8.75. The Balaban J connectivity index is 1.10. The van der Waals surface area contributed by atoms with Gasteiger partial charge in [-0.1, -0.05) is 127 Å². The summed E-state index contributed by atoms with van der Waals surface area (Å²) in [5.74, 6) is 3.17. The molecule has 0 saturated heterocycles. The Morgan fingerprint density at radius 2 is 0.621 bits per heavy atom. The molecule has 0 bridgehead atoms. The van der Waals surface area contributed by atoms with E-state index in [1.807, 2.05) is 0 Å². The van der Waals surface area contributed by atoms with Gasteiger partial charge in [-0.2, -0.15) is 0 Å². The lowest BCUT2D eigenvalue weighted by molar-refractivity contribution is 1.03. The fourth-order valence-corrected chi connectivity index (χ4v) is 9.01. The highest BCUT2D eigenvalue weighted by Crippen LogP contribution is 2.39. The van der Waals surface area contributed by atoms with E-state index in [0.29, 0.717) is 0 Å². The lowest BCUT2D eigenvalue weighted by atomic mass is 10.2. The van der Waals surface area contributed by atoms with Crippen molar-refractivity contribution in [3.05, 3.63) is 206 Å². The molecule has 12 rings (SSSR count). The van der Waals surface area contributed by atoms with Crippen LogP contribution in [0.15, 0.2) is 206 Å². The Morgan fingerprint density at radius 3 is 1.00 bits per heavy atom. The second-order valence-electron chi connectivity index (χ2n) is 14.7. The molecule has 5 aromatic heterocycles. The predicted molar refractivity (Wildman–Crippen MR) is 240 cm³/mol. The number of hydrogen-bond donors (Lipinski definition) is 0. The average Bonchev–Trinajstić information content (AvgIpc) is 3.93. The summed E-state index contributed by atoms with van der Waals surface area (Å²) in [5, 5.41) is 7.23. The smallest absolute Gasteiger partial charge is 0.141 e. The number of fused-ring (bicyclic) bond motifs is 9. The van der Waals surface area contributed by atoms with Gasteiger partial charge in [-0.05, 0) is 78.9 Å². The summed E-state index contributed by atoms with van der Waals surface area (Å²) in [7, 11) is 0. The van der Waals surface area contributed by atoms with Crippen LogP contribution in [0.1, 0.15) is 0 Å². The quantitative estimate of drug-likeness (QED) is 0.170. The minimum atomic E-state index is 0.755. The van der Waals surface area contributed by atoms with Crippen LogP contribution in [-0.2, 0) is 0 Å². The van der Waals surface area contributed by atoms with E-state index in [9.17, 15) is 0 Å². The van der Waals surface area contributed by atoms with E-state index in [1.165, 1.54) is 32.3 Å². The molecule has 12 aromatic rings. The van der Waals surface area contributed by atoms with Crippen molar-refractivity contribution < 1.29 is 0 Å². The van der Waals surface area contributed by atoms with Crippen molar-refractivity contribution in [1.82, 2.24) is 23.7 Å². The maximum absolute atomic E-state index is 5.49. The van der Waals surface area contributed by atoms with Crippen LogP contribution in [0.2, 0.25) is 0 Å². The molecule has 0 N–H and O–H groups in total. The summed E-state index contributed by atoms with van der Waals surface area (Å²) < 4.78 is 6.89. The number of hydrogen-bond acceptors (Lipinski definition) is 3. The van der Waals surface area contributed by atoms with Gasteiger partial charge in [0, 0.05) is 38.0 Å². The second-order valence-corrected chi connectivity index (χ2v) is 14.7. The van der Waals surface area contributed by atoms with Crippen LogP contribution in [0.4, 0.5) is 17.3 Å². The summed E-state index contributed by atoms with van der Waals surface area (Å²) in [4.78, 5) is 13.2. The van der Waals surface area contributed by atoms with E-state index >= 15 is 0 Å². The maximum atomic E-state index is 5.49. The van der Waals surface area contributed by atoms with Crippen molar-refractivity contribution in [3.63, 3.8) is 0 Å². The minimum absolute atomic E-state index is 0.755. The van der Waals surface area contributed by atoms with Gasteiger partial charge in [0.2, 0.25) is 0 Å². The molecule has 7 aromatic carbocycles. The first kappa shape index (κ1) is 32.3. The van der Waals surface area contributed by atoms with Gasteiger partial charge in [0.1, 0.15) is 23.3 Å². The normalized spacial score (nSPS) is 11.8. The lowest BCUT2D eigenvalue weighted by Gasteiger charge is -2.25. The van der Waals surface area contributed by atoms with Gasteiger partial charge < -0.3 is 4.57 Å². The van der Waals surface area contributed by atoms with Crippen LogP contribution in [-0.4, -0.2) is 23.7 Å². The topological polar surface area (TPSA) is 43.8 Å². The molecule has 0 radical (unpaired) electrons. The maximum Gasteiger partial charge on any atom is 0.141 e. The van der Waals surface area contributed by atoms with E-state index < -0.39 is 0 Å².